The van der Waals surface area contributed by atoms with Gasteiger partial charge in [0.1, 0.15) is 0 Å². The van der Waals surface area contributed by atoms with E-state index in [2.05, 4.69) is 79.7 Å². The molecule has 0 aliphatic heterocycles. The molecule has 1 aliphatic carbocycles. The smallest absolute Gasteiger partial charge is 0.309 e. The summed E-state index contributed by atoms with van der Waals surface area (Å²) in [5.41, 5.74) is 5.90. The Morgan fingerprint density at radius 3 is 2.10 bits per heavy atom. The third kappa shape index (κ3) is 3.23. The van der Waals surface area contributed by atoms with Gasteiger partial charge in [-0.3, -0.25) is 0 Å². The SMILES string of the molecule is CC1(c2ccccc2)c2ccccc2-c2ccc(BOC(C)(C)C(C)(C)O)cc21. The zero-order valence-corrected chi connectivity index (χ0v) is 18.0. The molecule has 0 radical (unpaired) electrons. The Labute approximate surface area is 174 Å². The van der Waals surface area contributed by atoms with E-state index in [-0.39, 0.29) is 5.41 Å². The second-order valence-corrected chi connectivity index (χ2v) is 9.27. The second-order valence-electron chi connectivity index (χ2n) is 9.27. The average Bonchev–Trinajstić information content (AvgIpc) is 2.96. The third-order valence-electron chi connectivity index (χ3n) is 6.80. The summed E-state index contributed by atoms with van der Waals surface area (Å²) in [6.07, 6.45) is 0. The van der Waals surface area contributed by atoms with Crippen LogP contribution >= 0.6 is 0 Å². The quantitative estimate of drug-likeness (QED) is 0.654. The van der Waals surface area contributed by atoms with E-state index in [0.717, 1.165) is 5.46 Å². The number of fused-ring (bicyclic) bond motifs is 3. The number of aliphatic hydroxyl groups is 1. The third-order valence-corrected chi connectivity index (χ3v) is 6.80. The Bertz CT molecular complexity index is 1030. The lowest BCUT2D eigenvalue weighted by atomic mass is 9.72. The Kier molecular flexibility index (Phi) is 4.72. The first-order chi connectivity index (χ1) is 13.6. The van der Waals surface area contributed by atoms with E-state index in [1.165, 1.54) is 27.8 Å². The molecule has 3 aromatic rings. The molecule has 0 amide bonds. The van der Waals surface area contributed by atoms with Gasteiger partial charge in [0.05, 0.1) is 11.2 Å². The van der Waals surface area contributed by atoms with Crippen molar-refractivity contribution in [2.75, 3.05) is 0 Å². The lowest BCUT2D eigenvalue weighted by Gasteiger charge is -2.37. The van der Waals surface area contributed by atoms with Gasteiger partial charge in [-0.1, -0.05) is 78.3 Å². The topological polar surface area (TPSA) is 29.5 Å². The molecule has 4 rings (SSSR count). The van der Waals surface area contributed by atoms with Gasteiger partial charge in [-0.15, -0.1) is 0 Å². The van der Waals surface area contributed by atoms with Gasteiger partial charge in [0.2, 0.25) is 0 Å². The van der Waals surface area contributed by atoms with Crippen LogP contribution < -0.4 is 5.46 Å². The Morgan fingerprint density at radius 2 is 1.41 bits per heavy atom. The van der Waals surface area contributed by atoms with E-state index in [1.807, 2.05) is 13.8 Å². The average molecular weight is 384 g/mol. The van der Waals surface area contributed by atoms with E-state index >= 15 is 0 Å². The van der Waals surface area contributed by atoms with Crippen molar-refractivity contribution in [3.05, 3.63) is 89.5 Å². The van der Waals surface area contributed by atoms with Crippen molar-refractivity contribution in [1.82, 2.24) is 0 Å². The van der Waals surface area contributed by atoms with Crippen LogP contribution in [0.1, 0.15) is 51.3 Å². The highest BCUT2D eigenvalue weighted by molar-refractivity contribution is 6.47. The fourth-order valence-electron chi connectivity index (χ4n) is 4.15. The van der Waals surface area contributed by atoms with Crippen LogP contribution in [-0.4, -0.2) is 23.8 Å². The van der Waals surface area contributed by atoms with Crippen molar-refractivity contribution < 1.29 is 9.76 Å². The minimum Gasteiger partial charge on any atom is -0.427 e. The molecule has 0 aromatic heterocycles. The van der Waals surface area contributed by atoms with Crippen LogP contribution in [0, 0.1) is 0 Å². The highest BCUT2D eigenvalue weighted by atomic mass is 16.5. The maximum absolute atomic E-state index is 10.4. The summed E-state index contributed by atoms with van der Waals surface area (Å²) >= 11 is 0. The van der Waals surface area contributed by atoms with E-state index in [4.69, 9.17) is 4.65 Å². The minimum absolute atomic E-state index is 0.199. The number of hydrogen-bond acceptors (Lipinski definition) is 2. The first kappa shape index (κ1) is 19.9. The van der Waals surface area contributed by atoms with Gasteiger partial charge in [0.25, 0.3) is 0 Å². The molecule has 0 heterocycles. The standard InChI is InChI=1S/C26H29BO2/c1-24(2,28)25(3,4)29-27-19-15-16-21-20-13-9-10-14-22(20)26(5,23(21)17-19)18-11-7-6-8-12-18/h6-17,27-28H,1-5H3. The normalized spacial score (nSPS) is 18.3. The lowest BCUT2D eigenvalue weighted by molar-refractivity contribution is -0.0893. The molecule has 0 saturated heterocycles. The molecule has 1 aliphatic rings. The van der Waals surface area contributed by atoms with E-state index in [0.29, 0.717) is 7.48 Å². The predicted molar refractivity (Wildman–Crippen MR) is 122 cm³/mol. The molecule has 0 spiro atoms. The molecule has 1 unspecified atom stereocenters. The summed E-state index contributed by atoms with van der Waals surface area (Å²) in [5.74, 6) is 0. The maximum Gasteiger partial charge on any atom is 0.309 e. The predicted octanol–water partition coefficient (Wildman–Crippen LogP) is 4.56. The monoisotopic (exact) mass is 384 g/mol. The van der Waals surface area contributed by atoms with Crippen molar-refractivity contribution in [2.45, 2.75) is 51.2 Å². The summed E-state index contributed by atoms with van der Waals surface area (Å²) in [4.78, 5) is 0. The van der Waals surface area contributed by atoms with Crippen molar-refractivity contribution >= 4 is 12.9 Å². The molecule has 0 bridgehead atoms. The zero-order chi connectivity index (χ0) is 20.9. The van der Waals surface area contributed by atoms with Crippen LogP contribution in [0.15, 0.2) is 72.8 Å². The second kappa shape index (κ2) is 6.86. The van der Waals surface area contributed by atoms with Gasteiger partial charge < -0.3 is 9.76 Å². The van der Waals surface area contributed by atoms with Crippen molar-refractivity contribution in [3.8, 4) is 11.1 Å². The zero-order valence-electron chi connectivity index (χ0n) is 18.0. The van der Waals surface area contributed by atoms with Gasteiger partial charge >= 0.3 is 7.48 Å². The summed E-state index contributed by atoms with van der Waals surface area (Å²) < 4.78 is 6.14. The van der Waals surface area contributed by atoms with Crippen LogP contribution in [0.2, 0.25) is 0 Å². The largest absolute Gasteiger partial charge is 0.427 e. The number of benzene rings is 3. The Morgan fingerprint density at radius 1 is 0.793 bits per heavy atom. The molecular formula is C26H29BO2. The molecule has 3 aromatic carbocycles. The van der Waals surface area contributed by atoms with Gasteiger partial charge in [0, 0.05) is 5.41 Å². The minimum atomic E-state index is -0.918. The summed E-state index contributed by atoms with van der Waals surface area (Å²) in [6, 6.07) is 26.1. The highest BCUT2D eigenvalue weighted by Gasteiger charge is 2.41. The van der Waals surface area contributed by atoms with Crippen LogP contribution in [-0.2, 0) is 10.1 Å². The van der Waals surface area contributed by atoms with Crippen LogP contribution in [0.4, 0.5) is 0 Å². The highest BCUT2D eigenvalue weighted by Crippen LogP contribution is 2.51. The molecule has 2 nitrogen and oxygen atoms in total. The van der Waals surface area contributed by atoms with Crippen molar-refractivity contribution in [2.24, 2.45) is 0 Å². The fourth-order valence-corrected chi connectivity index (χ4v) is 4.15. The molecular weight excluding hydrogens is 355 g/mol. The van der Waals surface area contributed by atoms with E-state index in [9.17, 15) is 5.11 Å². The summed E-state index contributed by atoms with van der Waals surface area (Å²) in [6.45, 7) is 9.77. The summed E-state index contributed by atoms with van der Waals surface area (Å²) in [7, 11) is 0.464. The molecule has 3 heteroatoms. The lowest BCUT2D eigenvalue weighted by Crippen LogP contribution is -2.49. The molecule has 0 fully saturated rings. The van der Waals surface area contributed by atoms with Crippen LogP contribution in [0.5, 0.6) is 0 Å². The van der Waals surface area contributed by atoms with Crippen LogP contribution in [0.3, 0.4) is 0 Å². The molecule has 1 atom stereocenters. The van der Waals surface area contributed by atoms with E-state index < -0.39 is 11.2 Å². The van der Waals surface area contributed by atoms with Gasteiger partial charge in [-0.05, 0) is 62.4 Å². The van der Waals surface area contributed by atoms with Gasteiger partial charge in [-0.25, -0.2) is 0 Å². The fraction of sp³-hybridized carbons (Fsp3) is 0.308. The Balaban J connectivity index is 1.78. The molecule has 0 saturated carbocycles. The van der Waals surface area contributed by atoms with Gasteiger partial charge in [-0.2, -0.15) is 0 Å². The van der Waals surface area contributed by atoms with Gasteiger partial charge in [0.15, 0.2) is 0 Å². The van der Waals surface area contributed by atoms with Crippen molar-refractivity contribution in [3.63, 3.8) is 0 Å². The molecule has 29 heavy (non-hydrogen) atoms. The number of hydrogen-bond donors (Lipinski definition) is 1. The summed E-state index contributed by atoms with van der Waals surface area (Å²) in [5, 5.41) is 10.4. The molecule has 1 N–H and O–H groups in total. The molecule has 148 valence electrons. The van der Waals surface area contributed by atoms with Crippen LogP contribution in [0.25, 0.3) is 11.1 Å². The first-order valence-electron chi connectivity index (χ1n) is 10.3. The van der Waals surface area contributed by atoms with Crippen molar-refractivity contribution in [1.29, 1.82) is 0 Å². The number of rotatable bonds is 5. The maximum atomic E-state index is 10.4. The Hall–Kier alpha value is -2.36. The first-order valence-corrected chi connectivity index (χ1v) is 10.3. The van der Waals surface area contributed by atoms with E-state index in [1.54, 1.807) is 13.8 Å².